The summed E-state index contributed by atoms with van der Waals surface area (Å²) in [5.74, 6) is 0.233. The Hall–Kier alpha value is -1.16. The van der Waals surface area contributed by atoms with Crippen molar-refractivity contribution < 1.29 is 13.9 Å². The van der Waals surface area contributed by atoms with Crippen LogP contribution in [0.2, 0.25) is 0 Å². The fourth-order valence-corrected chi connectivity index (χ4v) is 1.11. The average Bonchev–Trinajstić information content (AvgIpc) is 2.25. The molecule has 0 spiro atoms. The zero-order valence-electron chi connectivity index (χ0n) is 9.78. The summed E-state index contributed by atoms with van der Waals surface area (Å²) >= 11 is 0. The molecule has 0 bridgehead atoms. The minimum absolute atomic E-state index is 0.176. The van der Waals surface area contributed by atoms with Crippen molar-refractivity contribution in [3.8, 4) is 5.75 Å². The summed E-state index contributed by atoms with van der Waals surface area (Å²) in [5.41, 5.74) is 0. The van der Waals surface area contributed by atoms with E-state index in [0.717, 1.165) is 13.0 Å². The lowest BCUT2D eigenvalue weighted by Crippen LogP contribution is -2.09. The highest BCUT2D eigenvalue weighted by molar-refractivity contribution is 5.17. The van der Waals surface area contributed by atoms with Crippen LogP contribution in [0.3, 0.4) is 0 Å². The maximum absolute atomic E-state index is 13.0. The molecule has 0 unspecified atom stereocenters. The second-order valence-electron chi connectivity index (χ2n) is 3.94. The first kappa shape index (κ1) is 12.9. The number of halogens is 1. The molecule has 90 valence electrons. The summed E-state index contributed by atoms with van der Waals surface area (Å²) in [5, 5.41) is 0. The summed E-state index contributed by atoms with van der Waals surface area (Å²) in [6.45, 7) is 5.83. The van der Waals surface area contributed by atoms with Crippen molar-refractivity contribution in [2.45, 2.75) is 20.3 Å². The number of rotatable bonds is 7. The lowest BCUT2D eigenvalue weighted by molar-refractivity contribution is 0.0910. The highest BCUT2D eigenvalue weighted by atomic mass is 19.1. The van der Waals surface area contributed by atoms with Gasteiger partial charge in [-0.1, -0.05) is 13.8 Å². The minimum Gasteiger partial charge on any atom is -0.486 e. The molecule has 0 atom stereocenters. The molecular weight excluding hydrogens is 209 g/mol. The van der Waals surface area contributed by atoms with Crippen molar-refractivity contribution in [1.82, 2.24) is 4.98 Å². The first-order chi connectivity index (χ1) is 7.70. The monoisotopic (exact) mass is 227 g/mol. The topological polar surface area (TPSA) is 31.4 Å². The molecule has 0 aliphatic heterocycles. The van der Waals surface area contributed by atoms with Crippen molar-refractivity contribution in [2.24, 2.45) is 5.92 Å². The van der Waals surface area contributed by atoms with Crippen LogP contribution in [0.4, 0.5) is 4.39 Å². The van der Waals surface area contributed by atoms with Gasteiger partial charge in [0, 0.05) is 12.8 Å². The van der Waals surface area contributed by atoms with Crippen LogP contribution in [-0.2, 0) is 4.74 Å². The molecule has 0 saturated carbocycles. The van der Waals surface area contributed by atoms with Crippen LogP contribution in [-0.4, -0.2) is 24.8 Å². The normalized spacial score (nSPS) is 10.8. The van der Waals surface area contributed by atoms with Gasteiger partial charge in [-0.2, -0.15) is 4.39 Å². The van der Waals surface area contributed by atoms with Gasteiger partial charge in [0.25, 0.3) is 5.95 Å². The molecule has 1 aromatic heterocycles. The van der Waals surface area contributed by atoms with E-state index < -0.39 is 5.95 Å². The molecule has 0 radical (unpaired) electrons. The zero-order chi connectivity index (χ0) is 11.8. The highest BCUT2D eigenvalue weighted by Gasteiger charge is 2.02. The quantitative estimate of drug-likeness (QED) is 0.530. The molecule has 1 aromatic rings. The molecule has 1 rings (SSSR count). The number of hydrogen-bond acceptors (Lipinski definition) is 3. The summed E-state index contributed by atoms with van der Waals surface area (Å²) < 4.78 is 23.5. The zero-order valence-corrected chi connectivity index (χ0v) is 9.78. The van der Waals surface area contributed by atoms with Gasteiger partial charge in [0.05, 0.1) is 6.61 Å². The van der Waals surface area contributed by atoms with Crippen molar-refractivity contribution in [3.63, 3.8) is 0 Å². The Bertz CT molecular complexity index is 305. The van der Waals surface area contributed by atoms with E-state index in [2.05, 4.69) is 18.8 Å². The van der Waals surface area contributed by atoms with Crippen molar-refractivity contribution in [2.75, 3.05) is 19.8 Å². The maximum Gasteiger partial charge on any atom is 0.255 e. The van der Waals surface area contributed by atoms with E-state index in [1.54, 1.807) is 12.1 Å². The van der Waals surface area contributed by atoms with E-state index in [4.69, 9.17) is 9.47 Å². The van der Waals surface area contributed by atoms with Crippen LogP contribution in [0, 0.1) is 11.9 Å². The van der Waals surface area contributed by atoms with Crippen LogP contribution in [0.5, 0.6) is 5.75 Å². The lowest BCUT2D eigenvalue weighted by Gasteiger charge is -2.08. The first-order valence-electron chi connectivity index (χ1n) is 5.51. The Morgan fingerprint density at radius 2 is 2.12 bits per heavy atom. The smallest absolute Gasteiger partial charge is 0.255 e. The van der Waals surface area contributed by atoms with E-state index in [1.807, 2.05) is 0 Å². The van der Waals surface area contributed by atoms with Crippen molar-refractivity contribution in [3.05, 3.63) is 24.3 Å². The first-order valence-corrected chi connectivity index (χ1v) is 5.51. The van der Waals surface area contributed by atoms with Crippen molar-refractivity contribution >= 4 is 0 Å². The molecule has 3 nitrogen and oxygen atoms in total. The lowest BCUT2D eigenvalue weighted by atomic mass is 10.1. The van der Waals surface area contributed by atoms with E-state index in [0.29, 0.717) is 19.1 Å². The van der Waals surface area contributed by atoms with Gasteiger partial charge in [0.1, 0.15) is 6.61 Å². The standard InChI is InChI=1S/C12H18FNO2/c1-10(2)5-7-15-8-9-16-11-4-3-6-14-12(11)13/h3-4,6,10H,5,7-9H2,1-2H3. The molecule has 16 heavy (non-hydrogen) atoms. The number of ether oxygens (including phenoxy) is 2. The molecule has 0 amide bonds. The highest BCUT2D eigenvalue weighted by Crippen LogP contribution is 2.12. The van der Waals surface area contributed by atoms with E-state index in [-0.39, 0.29) is 5.75 Å². The largest absolute Gasteiger partial charge is 0.486 e. The SMILES string of the molecule is CC(C)CCOCCOc1cccnc1F. The van der Waals surface area contributed by atoms with Crippen LogP contribution in [0.15, 0.2) is 18.3 Å². The molecule has 0 fully saturated rings. The van der Waals surface area contributed by atoms with Crippen molar-refractivity contribution in [1.29, 1.82) is 0 Å². The molecule has 4 heteroatoms. The second-order valence-corrected chi connectivity index (χ2v) is 3.94. The molecule has 0 aliphatic rings. The number of nitrogens with zero attached hydrogens (tertiary/aromatic N) is 1. The molecule has 0 N–H and O–H groups in total. The van der Waals surface area contributed by atoms with Gasteiger partial charge in [-0.05, 0) is 24.5 Å². The van der Waals surface area contributed by atoms with Gasteiger partial charge in [-0.3, -0.25) is 0 Å². The second kappa shape index (κ2) is 7.17. The summed E-state index contributed by atoms with van der Waals surface area (Å²) in [4.78, 5) is 3.48. The summed E-state index contributed by atoms with van der Waals surface area (Å²) in [6, 6.07) is 3.19. The molecule has 0 aromatic carbocycles. The maximum atomic E-state index is 13.0. The molecule has 0 saturated heterocycles. The Morgan fingerprint density at radius 1 is 1.31 bits per heavy atom. The number of pyridine rings is 1. The van der Waals surface area contributed by atoms with E-state index >= 15 is 0 Å². The average molecular weight is 227 g/mol. The summed E-state index contributed by atoms with van der Waals surface area (Å²) in [7, 11) is 0. The van der Waals surface area contributed by atoms with Crippen LogP contribution in [0.1, 0.15) is 20.3 Å². The Kier molecular flexibility index (Phi) is 5.78. The fourth-order valence-electron chi connectivity index (χ4n) is 1.11. The molecule has 0 aliphatic carbocycles. The Morgan fingerprint density at radius 3 is 2.81 bits per heavy atom. The summed E-state index contributed by atoms with van der Waals surface area (Å²) in [6.07, 6.45) is 2.42. The van der Waals surface area contributed by atoms with Crippen LogP contribution < -0.4 is 4.74 Å². The Balaban J connectivity index is 2.10. The van der Waals surface area contributed by atoms with E-state index in [1.165, 1.54) is 6.20 Å². The minimum atomic E-state index is -0.579. The number of aromatic nitrogens is 1. The Labute approximate surface area is 95.6 Å². The fraction of sp³-hybridized carbons (Fsp3) is 0.583. The molecular formula is C12H18FNO2. The molecule has 1 heterocycles. The third-order valence-electron chi connectivity index (χ3n) is 2.05. The third-order valence-corrected chi connectivity index (χ3v) is 2.05. The predicted molar refractivity (Wildman–Crippen MR) is 60.0 cm³/mol. The van der Waals surface area contributed by atoms with E-state index in [9.17, 15) is 4.39 Å². The van der Waals surface area contributed by atoms with Gasteiger partial charge < -0.3 is 9.47 Å². The van der Waals surface area contributed by atoms with Gasteiger partial charge >= 0.3 is 0 Å². The van der Waals surface area contributed by atoms with Crippen LogP contribution in [0.25, 0.3) is 0 Å². The van der Waals surface area contributed by atoms with Crippen LogP contribution >= 0.6 is 0 Å². The van der Waals surface area contributed by atoms with Gasteiger partial charge in [0.2, 0.25) is 0 Å². The van der Waals surface area contributed by atoms with Gasteiger partial charge in [0.15, 0.2) is 5.75 Å². The third kappa shape index (κ3) is 5.07. The number of hydrogen-bond donors (Lipinski definition) is 0. The van der Waals surface area contributed by atoms with Gasteiger partial charge in [-0.25, -0.2) is 4.98 Å². The predicted octanol–water partition coefficient (Wildman–Crippen LogP) is 2.66. The van der Waals surface area contributed by atoms with Gasteiger partial charge in [-0.15, -0.1) is 0 Å².